The van der Waals surface area contributed by atoms with Crippen molar-refractivity contribution in [1.82, 2.24) is 0 Å². The maximum absolute atomic E-state index is 10.7. The Morgan fingerprint density at radius 3 is 2.73 bits per heavy atom. The van der Waals surface area contributed by atoms with Crippen molar-refractivity contribution in [3.8, 4) is 0 Å². The number of carbonyl (C=O) groups excluding carboxylic acids is 1. The van der Waals surface area contributed by atoms with Crippen LogP contribution in [0.2, 0.25) is 0 Å². The van der Waals surface area contributed by atoms with E-state index in [1.807, 2.05) is 0 Å². The molecule has 0 saturated heterocycles. The molecule has 3 N–H and O–H groups in total. The molecule has 0 bridgehead atoms. The Kier molecular flexibility index (Phi) is 3.22. The van der Waals surface area contributed by atoms with Crippen molar-refractivity contribution in [2.24, 2.45) is 5.73 Å². The van der Waals surface area contributed by atoms with Gasteiger partial charge in [-0.3, -0.25) is 14.9 Å². The number of carbonyl (C=O) groups is 1. The fraction of sp³-hybridized carbons (Fsp3) is 0.222. The van der Waals surface area contributed by atoms with Gasteiger partial charge in [-0.15, -0.1) is 0 Å². The van der Waals surface area contributed by atoms with E-state index in [0.29, 0.717) is 11.3 Å². The Morgan fingerprint density at radius 2 is 2.27 bits per heavy atom. The van der Waals surface area contributed by atoms with E-state index < -0.39 is 10.8 Å². The normalized spacial score (nSPS) is 9.67. The predicted octanol–water partition coefficient (Wildman–Crippen LogP) is 0.664. The summed E-state index contributed by atoms with van der Waals surface area (Å²) in [7, 11) is 1.58. The Balaban J connectivity index is 3.07. The maximum atomic E-state index is 10.7. The number of anilines is 1. The third-order valence-electron chi connectivity index (χ3n) is 1.91. The monoisotopic (exact) mass is 209 g/mol. The minimum Gasteiger partial charge on any atom is -0.383 e. The van der Waals surface area contributed by atoms with Gasteiger partial charge in [0.05, 0.1) is 11.3 Å². The molecule has 1 aromatic carbocycles. The molecule has 0 spiro atoms. The highest BCUT2D eigenvalue weighted by Crippen LogP contribution is 2.24. The van der Waals surface area contributed by atoms with E-state index in [0.717, 1.165) is 0 Å². The summed E-state index contributed by atoms with van der Waals surface area (Å²) < 4.78 is 0. The van der Waals surface area contributed by atoms with Crippen LogP contribution in [-0.2, 0) is 11.2 Å². The van der Waals surface area contributed by atoms with Gasteiger partial charge < -0.3 is 11.1 Å². The Bertz CT molecular complexity index is 404. The van der Waals surface area contributed by atoms with Gasteiger partial charge in [-0.1, -0.05) is 6.07 Å². The number of amides is 1. The highest BCUT2D eigenvalue weighted by atomic mass is 16.6. The largest absolute Gasteiger partial charge is 0.383 e. The van der Waals surface area contributed by atoms with Crippen LogP contribution in [0.25, 0.3) is 0 Å². The van der Waals surface area contributed by atoms with E-state index in [1.165, 1.54) is 12.1 Å². The van der Waals surface area contributed by atoms with Crippen LogP contribution in [0.4, 0.5) is 11.4 Å². The Labute approximate surface area is 86.2 Å². The third-order valence-corrected chi connectivity index (χ3v) is 1.91. The zero-order valence-corrected chi connectivity index (χ0v) is 8.19. The van der Waals surface area contributed by atoms with Crippen LogP contribution in [0.5, 0.6) is 0 Å². The second kappa shape index (κ2) is 4.41. The molecule has 0 aromatic heterocycles. The first kappa shape index (κ1) is 11.0. The van der Waals surface area contributed by atoms with Crippen molar-refractivity contribution in [2.75, 3.05) is 12.4 Å². The van der Waals surface area contributed by atoms with Gasteiger partial charge in [0, 0.05) is 13.1 Å². The zero-order valence-electron chi connectivity index (χ0n) is 8.19. The molecule has 0 aliphatic carbocycles. The lowest BCUT2D eigenvalue weighted by molar-refractivity contribution is -0.384. The first-order chi connectivity index (χ1) is 7.04. The molecular formula is C9H11N3O3. The number of primary amides is 1. The van der Waals surface area contributed by atoms with E-state index in [2.05, 4.69) is 5.32 Å². The van der Waals surface area contributed by atoms with Crippen molar-refractivity contribution in [1.29, 1.82) is 0 Å². The molecule has 0 aliphatic heterocycles. The summed E-state index contributed by atoms with van der Waals surface area (Å²) in [4.78, 5) is 20.8. The van der Waals surface area contributed by atoms with Crippen molar-refractivity contribution in [3.63, 3.8) is 0 Å². The van der Waals surface area contributed by atoms with Crippen LogP contribution in [0.3, 0.4) is 0 Å². The number of nitro benzene ring substituents is 1. The lowest BCUT2D eigenvalue weighted by Crippen LogP contribution is -2.13. The highest BCUT2D eigenvalue weighted by molar-refractivity contribution is 5.77. The van der Waals surface area contributed by atoms with Gasteiger partial charge >= 0.3 is 0 Å². The summed E-state index contributed by atoms with van der Waals surface area (Å²) in [6, 6.07) is 4.41. The molecule has 1 amide bonds. The van der Waals surface area contributed by atoms with Gasteiger partial charge in [0.15, 0.2) is 0 Å². The average molecular weight is 209 g/mol. The summed E-state index contributed by atoms with van der Waals surface area (Å²) in [5.41, 5.74) is 6.02. The first-order valence-electron chi connectivity index (χ1n) is 4.28. The average Bonchev–Trinajstić information content (AvgIpc) is 2.16. The Morgan fingerprint density at radius 1 is 1.60 bits per heavy atom. The second-order valence-electron chi connectivity index (χ2n) is 3.00. The number of rotatable bonds is 4. The number of nitrogens with two attached hydrogens (primary N) is 1. The van der Waals surface area contributed by atoms with Gasteiger partial charge in [-0.25, -0.2) is 0 Å². The van der Waals surface area contributed by atoms with Crippen molar-refractivity contribution >= 4 is 17.3 Å². The van der Waals surface area contributed by atoms with Crippen molar-refractivity contribution in [2.45, 2.75) is 6.42 Å². The van der Waals surface area contributed by atoms with Crippen LogP contribution < -0.4 is 11.1 Å². The standard InChI is InChI=1S/C9H11N3O3/c1-11-7-4-6(5-9(10)13)2-3-8(7)12(14)15/h2-4,11H,5H2,1H3,(H2,10,13). The number of nitro groups is 1. The van der Waals surface area contributed by atoms with E-state index in [4.69, 9.17) is 5.73 Å². The van der Waals surface area contributed by atoms with Gasteiger partial charge in [0.2, 0.25) is 5.91 Å². The SMILES string of the molecule is CNc1cc(CC(N)=O)ccc1[N+](=O)[O-]. The molecule has 1 rings (SSSR count). The number of nitrogens with zero attached hydrogens (tertiary/aromatic N) is 1. The van der Waals surface area contributed by atoms with Crippen LogP contribution in [-0.4, -0.2) is 17.9 Å². The Hall–Kier alpha value is -2.11. The molecule has 6 heteroatoms. The van der Waals surface area contributed by atoms with E-state index in [1.54, 1.807) is 13.1 Å². The second-order valence-corrected chi connectivity index (χ2v) is 3.00. The van der Waals surface area contributed by atoms with E-state index in [9.17, 15) is 14.9 Å². The molecule has 0 saturated carbocycles. The summed E-state index contributed by atoms with van der Waals surface area (Å²) in [5, 5.41) is 13.3. The molecule has 0 heterocycles. The van der Waals surface area contributed by atoms with Gasteiger partial charge in [0.1, 0.15) is 5.69 Å². The smallest absolute Gasteiger partial charge is 0.292 e. The highest BCUT2D eigenvalue weighted by Gasteiger charge is 2.13. The van der Waals surface area contributed by atoms with Gasteiger partial charge in [-0.2, -0.15) is 0 Å². The lowest BCUT2D eigenvalue weighted by Gasteiger charge is -2.04. The van der Waals surface area contributed by atoms with Crippen molar-refractivity contribution < 1.29 is 9.72 Å². The van der Waals surface area contributed by atoms with Crippen LogP contribution >= 0.6 is 0 Å². The molecule has 80 valence electrons. The molecule has 1 aromatic rings. The summed E-state index contributed by atoms with van der Waals surface area (Å²) in [6.45, 7) is 0. The third kappa shape index (κ3) is 2.67. The van der Waals surface area contributed by atoms with E-state index >= 15 is 0 Å². The van der Waals surface area contributed by atoms with Crippen molar-refractivity contribution in [3.05, 3.63) is 33.9 Å². The summed E-state index contributed by atoms with van der Waals surface area (Å²) >= 11 is 0. The molecule has 15 heavy (non-hydrogen) atoms. The van der Waals surface area contributed by atoms with Gasteiger partial charge in [-0.05, 0) is 11.6 Å². The molecular weight excluding hydrogens is 198 g/mol. The lowest BCUT2D eigenvalue weighted by atomic mass is 10.1. The molecule has 0 unspecified atom stereocenters. The fourth-order valence-corrected chi connectivity index (χ4v) is 1.25. The number of nitrogens with one attached hydrogen (secondary N) is 1. The fourth-order valence-electron chi connectivity index (χ4n) is 1.25. The first-order valence-corrected chi connectivity index (χ1v) is 4.28. The number of hydrogen-bond acceptors (Lipinski definition) is 4. The quantitative estimate of drug-likeness (QED) is 0.562. The molecule has 0 fully saturated rings. The minimum atomic E-state index is -0.486. The minimum absolute atomic E-state index is 0.0225. The molecule has 0 atom stereocenters. The summed E-state index contributed by atoms with van der Waals surface area (Å²) in [5.74, 6) is -0.467. The number of hydrogen-bond donors (Lipinski definition) is 2. The molecule has 0 aliphatic rings. The summed E-state index contributed by atoms with van der Waals surface area (Å²) in [6.07, 6.45) is 0.0761. The maximum Gasteiger partial charge on any atom is 0.292 e. The zero-order chi connectivity index (χ0) is 11.4. The molecule has 0 radical (unpaired) electrons. The van der Waals surface area contributed by atoms with Crippen LogP contribution in [0.1, 0.15) is 5.56 Å². The van der Waals surface area contributed by atoms with Crippen LogP contribution in [0, 0.1) is 10.1 Å². The number of benzene rings is 1. The topological polar surface area (TPSA) is 98.3 Å². The van der Waals surface area contributed by atoms with Gasteiger partial charge in [0.25, 0.3) is 5.69 Å². The van der Waals surface area contributed by atoms with Crippen LogP contribution in [0.15, 0.2) is 18.2 Å². The predicted molar refractivity (Wildman–Crippen MR) is 55.5 cm³/mol. The van der Waals surface area contributed by atoms with E-state index in [-0.39, 0.29) is 12.1 Å². The molecule has 6 nitrogen and oxygen atoms in total.